The molecule has 7 heteroatoms. The minimum atomic E-state index is -1.11. The third-order valence-corrected chi connectivity index (χ3v) is 5.76. The van der Waals surface area contributed by atoms with E-state index in [2.05, 4.69) is 39.4 Å². The summed E-state index contributed by atoms with van der Waals surface area (Å²) in [6, 6.07) is 13.8. The fraction of sp³-hybridized carbons (Fsp3) is 0.286. The molecule has 0 radical (unpaired) electrons. The predicted molar refractivity (Wildman–Crippen MR) is 105 cm³/mol. The van der Waals surface area contributed by atoms with Crippen LogP contribution in [0.1, 0.15) is 32.8 Å². The summed E-state index contributed by atoms with van der Waals surface area (Å²) in [5.41, 5.74) is 3.68. The van der Waals surface area contributed by atoms with Crippen molar-refractivity contribution in [2.45, 2.75) is 18.9 Å². The Kier molecular flexibility index (Phi) is 3.82. The van der Waals surface area contributed by atoms with E-state index in [-0.39, 0.29) is 17.6 Å². The molecule has 2 aliphatic rings. The van der Waals surface area contributed by atoms with Crippen molar-refractivity contribution in [1.82, 2.24) is 15.1 Å². The number of benzene rings is 2. The second kappa shape index (κ2) is 6.37. The van der Waals surface area contributed by atoms with Crippen LogP contribution in [0.4, 0.5) is 5.69 Å². The Bertz CT molecular complexity index is 1090. The predicted octanol–water partition coefficient (Wildman–Crippen LogP) is 2.54. The highest BCUT2D eigenvalue weighted by Gasteiger charge is 2.33. The molecule has 5 rings (SSSR count). The number of fused-ring (bicyclic) bond motifs is 4. The Morgan fingerprint density at radius 2 is 2.00 bits per heavy atom. The van der Waals surface area contributed by atoms with Gasteiger partial charge in [0.05, 0.1) is 11.6 Å². The van der Waals surface area contributed by atoms with Gasteiger partial charge < -0.3 is 14.9 Å². The lowest BCUT2D eigenvalue weighted by molar-refractivity contribution is 0.0691. The smallest absolute Gasteiger partial charge is 0.357 e. The average molecular weight is 376 g/mol. The Morgan fingerprint density at radius 1 is 1.14 bits per heavy atom. The average Bonchev–Trinajstić information content (AvgIpc) is 3.21. The highest BCUT2D eigenvalue weighted by atomic mass is 16.4. The highest BCUT2D eigenvalue weighted by Crippen LogP contribution is 2.34. The number of nitrogens with zero attached hydrogens (tertiary/aromatic N) is 3. The quantitative estimate of drug-likeness (QED) is 0.717. The van der Waals surface area contributed by atoms with Crippen LogP contribution in [0.15, 0.2) is 42.5 Å². The SMILES string of the molecule is O=C(O)c1n[nH]c2ccc(C(=O)N3CCCN4c5ccccc5CC4C3)cc12. The van der Waals surface area contributed by atoms with Gasteiger partial charge in [0.2, 0.25) is 0 Å². The van der Waals surface area contributed by atoms with Gasteiger partial charge in [0.1, 0.15) is 0 Å². The fourth-order valence-electron chi connectivity index (χ4n) is 4.45. The first-order chi connectivity index (χ1) is 13.6. The zero-order valence-electron chi connectivity index (χ0n) is 15.3. The first-order valence-corrected chi connectivity index (χ1v) is 9.47. The van der Waals surface area contributed by atoms with Crippen LogP contribution in [0.2, 0.25) is 0 Å². The topological polar surface area (TPSA) is 89.5 Å². The van der Waals surface area contributed by atoms with Gasteiger partial charge in [0.25, 0.3) is 5.91 Å². The number of para-hydroxylation sites is 1. The summed E-state index contributed by atoms with van der Waals surface area (Å²) in [4.78, 5) is 28.9. The summed E-state index contributed by atoms with van der Waals surface area (Å²) in [6.45, 7) is 2.31. The Morgan fingerprint density at radius 3 is 2.86 bits per heavy atom. The van der Waals surface area contributed by atoms with Crippen molar-refractivity contribution >= 4 is 28.5 Å². The molecule has 0 saturated carbocycles. The molecule has 0 aliphatic carbocycles. The van der Waals surface area contributed by atoms with E-state index < -0.39 is 5.97 Å². The van der Waals surface area contributed by atoms with E-state index in [0.29, 0.717) is 29.6 Å². The normalized spacial score (nSPS) is 18.6. The number of carbonyl (C=O) groups excluding carboxylic acids is 1. The molecule has 2 aromatic carbocycles. The number of rotatable bonds is 2. The standard InChI is InChI=1S/C21H20N4O3/c26-20(14-6-7-17-16(11-14)19(21(27)28)23-22-17)24-8-3-9-25-15(12-24)10-13-4-1-2-5-18(13)25/h1-2,4-7,11,15H,3,8-10,12H2,(H,22,23)(H,27,28). The van der Waals surface area contributed by atoms with Crippen LogP contribution in [-0.4, -0.2) is 57.8 Å². The molecule has 142 valence electrons. The lowest BCUT2D eigenvalue weighted by Gasteiger charge is -2.27. The van der Waals surface area contributed by atoms with Crippen molar-refractivity contribution in [3.8, 4) is 0 Å². The number of carbonyl (C=O) groups is 2. The van der Waals surface area contributed by atoms with Gasteiger partial charge in [-0.2, -0.15) is 5.10 Å². The van der Waals surface area contributed by atoms with Crippen molar-refractivity contribution in [1.29, 1.82) is 0 Å². The minimum Gasteiger partial charge on any atom is -0.476 e. The number of nitrogens with one attached hydrogen (secondary N) is 1. The van der Waals surface area contributed by atoms with Crippen LogP contribution in [0, 0.1) is 0 Å². The molecule has 3 aromatic rings. The summed E-state index contributed by atoms with van der Waals surface area (Å²) in [6.07, 6.45) is 1.86. The van der Waals surface area contributed by atoms with Crippen molar-refractivity contribution in [3.63, 3.8) is 0 Å². The molecule has 28 heavy (non-hydrogen) atoms. The third kappa shape index (κ3) is 2.62. The van der Waals surface area contributed by atoms with E-state index in [1.165, 1.54) is 11.3 Å². The van der Waals surface area contributed by atoms with Gasteiger partial charge in [-0.05, 0) is 42.7 Å². The molecule has 0 spiro atoms. The number of aromatic nitrogens is 2. The number of hydrogen-bond donors (Lipinski definition) is 2. The van der Waals surface area contributed by atoms with Gasteiger partial charge in [0.15, 0.2) is 5.69 Å². The first kappa shape index (κ1) is 16.8. The Hall–Kier alpha value is -3.35. The van der Waals surface area contributed by atoms with Gasteiger partial charge in [-0.25, -0.2) is 4.79 Å². The molecule has 1 atom stereocenters. The number of H-pyrrole nitrogens is 1. The lowest BCUT2D eigenvalue weighted by atomic mass is 10.1. The molecule has 0 bridgehead atoms. The summed E-state index contributed by atoms with van der Waals surface area (Å²) in [5.74, 6) is -1.16. The number of carboxylic acid groups (broad SMARTS) is 1. The molecule has 3 heterocycles. The van der Waals surface area contributed by atoms with Crippen molar-refractivity contribution in [2.24, 2.45) is 0 Å². The molecule has 1 saturated heterocycles. The van der Waals surface area contributed by atoms with Crippen LogP contribution in [0.5, 0.6) is 0 Å². The zero-order valence-corrected chi connectivity index (χ0v) is 15.3. The fourth-order valence-corrected chi connectivity index (χ4v) is 4.45. The molecular formula is C21H20N4O3. The Labute approximate surface area is 161 Å². The Balaban J connectivity index is 1.42. The minimum absolute atomic E-state index is 0.0575. The molecule has 1 fully saturated rings. The number of anilines is 1. The van der Waals surface area contributed by atoms with Gasteiger partial charge in [0, 0.05) is 36.3 Å². The van der Waals surface area contributed by atoms with Crippen LogP contribution in [0.3, 0.4) is 0 Å². The van der Waals surface area contributed by atoms with Crippen molar-refractivity contribution < 1.29 is 14.7 Å². The largest absolute Gasteiger partial charge is 0.476 e. The van der Waals surface area contributed by atoms with Gasteiger partial charge in [-0.1, -0.05) is 18.2 Å². The monoisotopic (exact) mass is 376 g/mol. The zero-order chi connectivity index (χ0) is 19.3. The third-order valence-electron chi connectivity index (χ3n) is 5.76. The number of aromatic amines is 1. The first-order valence-electron chi connectivity index (χ1n) is 9.47. The number of amides is 1. The van der Waals surface area contributed by atoms with Gasteiger partial charge in [-0.15, -0.1) is 0 Å². The second-order valence-corrected chi connectivity index (χ2v) is 7.42. The number of hydrogen-bond acceptors (Lipinski definition) is 4. The lowest BCUT2D eigenvalue weighted by Crippen LogP contribution is -2.41. The number of aromatic carboxylic acids is 1. The summed E-state index contributed by atoms with van der Waals surface area (Å²) in [5, 5.41) is 16.3. The summed E-state index contributed by atoms with van der Waals surface area (Å²) in [7, 11) is 0. The van der Waals surface area contributed by atoms with E-state index in [1.807, 2.05) is 4.90 Å². The molecule has 1 amide bonds. The summed E-state index contributed by atoms with van der Waals surface area (Å²) < 4.78 is 0. The number of carboxylic acids is 1. The van der Waals surface area contributed by atoms with E-state index >= 15 is 0 Å². The van der Waals surface area contributed by atoms with E-state index in [1.54, 1.807) is 18.2 Å². The van der Waals surface area contributed by atoms with Crippen LogP contribution >= 0.6 is 0 Å². The van der Waals surface area contributed by atoms with Crippen molar-refractivity contribution in [2.75, 3.05) is 24.5 Å². The summed E-state index contributed by atoms with van der Waals surface area (Å²) >= 11 is 0. The van der Waals surface area contributed by atoms with E-state index in [0.717, 1.165) is 19.4 Å². The van der Waals surface area contributed by atoms with Gasteiger partial charge >= 0.3 is 5.97 Å². The molecule has 1 unspecified atom stereocenters. The van der Waals surface area contributed by atoms with E-state index in [4.69, 9.17) is 0 Å². The van der Waals surface area contributed by atoms with Crippen LogP contribution in [0.25, 0.3) is 10.9 Å². The highest BCUT2D eigenvalue weighted by molar-refractivity contribution is 6.04. The maximum absolute atomic E-state index is 13.2. The molecule has 7 nitrogen and oxygen atoms in total. The van der Waals surface area contributed by atoms with Gasteiger partial charge in [-0.3, -0.25) is 9.89 Å². The molecule has 2 N–H and O–H groups in total. The maximum atomic E-state index is 13.2. The second-order valence-electron chi connectivity index (χ2n) is 7.42. The van der Waals surface area contributed by atoms with Crippen LogP contribution < -0.4 is 4.90 Å². The maximum Gasteiger partial charge on any atom is 0.357 e. The van der Waals surface area contributed by atoms with Crippen LogP contribution in [-0.2, 0) is 6.42 Å². The molecule has 2 aliphatic heterocycles. The van der Waals surface area contributed by atoms with E-state index in [9.17, 15) is 14.7 Å². The molecule has 1 aromatic heterocycles. The van der Waals surface area contributed by atoms with Crippen molar-refractivity contribution in [3.05, 3.63) is 59.3 Å². The molecular weight excluding hydrogens is 356 g/mol.